The van der Waals surface area contributed by atoms with Crippen LogP contribution in [0, 0.1) is 0 Å². The molecule has 0 radical (unpaired) electrons. The fourth-order valence-electron chi connectivity index (χ4n) is 1.10. The largest absolute Gasteiger partial charge is 0.405 e. The van der Waals surface area contributed by atoms with Crippen LogP contribution in [0.5, 0.6) is 0 Å². The predicted octanol–water partition coefficient (Wildman–Crippen LogP) is 2.82. The van der Waals surface area contributed by atoms with Crippen LogP contribution >= 0.6 is 11.6 Å². The minimum Gasteiger partial charge on any atom is -0.351 e. The van der Waals surface area contributed by atoms with Gasteiger partial charge in [0.05, 0.1) is 0 Å². The molecule has 0 saturated heterocycles. The predicted molar refractivity (Wildman–Crippen MR) is 53.1 cm³/mol. The maximum Gasteiger partial charge on any atom is 0.405 e. The second-order valence-electron chi connectivity index (χ2n) is 3.13. The molecule has 0 fully saturated rings. The normalized spacial score (nSPS) is 11.5. The van der Waals surface area contributed by atoms with Crippen LogP contribution in [0.1, 0.15) is 5.56 Å². The summed E-state index contributed by atoms with van der Waals surface area (Å²) < 4.78 is 36.2. The van der Waals surface area contributed by atoms with Gasteiger partial charge in [0.2, 0.25) is 0 Å². The molecule has 0 aliphatic heterocycles. The van der Waals surface area contributed by atoms with Crippen molar-refractivity contribution in [3.05, 3.63) is 23.9 Å². The minimum absolute atomic E-state index is 0.259. The number of pyridine rings is 1. The van der Waals surface area contributed by atoms with Crippen LogP contribution in [-0.4, -0.2) is 24.8 Å². The zero-order chi connectivity index (χ0) is 11.5. The summed E-state index contributed by atoms with van der Waals surface area (Å²) in [7, 11) is 1.34. The topological polar surface area (TPSA) is 16.1 Å². The SMILES string of the molecule is CN(CC(F)(F)F)c1cc(CCl)ccn1. The number of aromatic nitrogens is 1. The lowest BCUT2D eigenvalue weighted by atomic mass is 10.3. The van der Waals surface area contributed by atoms with Gasteiger partial charge in [-0.05, 0) is 17.7 Å². The lowest BCUT2D eigenvalue weighted by molar-refractivity contribution is -0.119. The Balaban J connectivity index is 2.77. The molecule has 1 aromatic rings. The Kier molecular flexibility index (Phi) is 3.79. The van der Waals surface area contributed by atoms with Crippen molar-refractivity contribution in [3.8, 4) is 0 Å². The van der Waals surface area contributed by atoms with E-state index in [9.17, 15) is 13.2 Å². The number of anilines is 1. The summed E-state index contributed by atoms with van der Waals surface area (Å²) in [5.74, 6) is 0.528. The molecular formula is C9H10ClF3N2. The monoisotopic (exact) mass is 238 g/mol. The molecule has 0 aliphatic rings. The highest BCUT2D eigenvalue weighted by molar-refractivity contribution is 6.17. The smallest absolute Gasteiger partial charge is 0.351 e. The van der Waals surface area contributed by atoms with E-state index in [1.165, 1.54) is 13.2 Å². The number of halogens is 4. The quantitative estimate of drug-likeness (QED) is 0.753. The molecule has 0 amide bonds. The summed E-state index contributed by atoms with van der Waals surface area (Å²) in [6.45, 7) is -1.02. The van der Waals surface area contributed by atoms with Gasteiger partial charge in [0.1, 0.15) is 12.4 Å². The number of rotatable bonds is 3. The summed E-state index contributed by atoms with van der Waals surface area (Å²) in [5.41, 5.74) is 0.746. The minimum atomic E-state index is -4.23. The maximum atomic E-state index is 12.1. The number of hydrogen-bond acceptors (Lipinski definition) is 2. The van der Waals surface area contributed by atoms with Crippen LogP contribution in [-0.2, 0) is 5.88 Å². The van der Waals surface area contributed by atoms with E-state index in [4.69, 9.17) is 11.6 Å². The van der Waals surface area contributed by atoms with Gasteiger partial charge < -0.3 is 4.90 Å². The van der Waals surface area contributed by atoms with Crippen molar-refractivity contribution in [1.29, 1.82) is 0 Å². The lowest BCUT2D eigenvalue weighted by Crippen LogP contribution is -2.31. The molecule has 0 atom stereocenters. The van der Waals surface area contributed by atoms with Crippen molar-refractivity contribution in [2.24, 2.45) is 0 Å². The Bertz CT molecular complexity index is 327. The van der Waals surface area contributed by atoms with E-state index < -0.39 is 12.7 Å². The second kappa shape index (κ2) is 4.70. The molecule has 0 N–H and O–H groups in total. The highest BCUT2D eigenvalue weighted by atomic mass is 35.5. The average Bonchev–Trinajstić information content (AvgIpc) is 2.15. The fourth-order valence-corrected chi connectivity index (χ4v) is 1.27. The van der Waals surface area contributed by atoms with Crippen LogP contribution in [0.4, 0.5) is 19.0 Å². The Morgan fingerprint density at radius 3 is 2.67 bits per heavy atom. The Morgan fingerprint density at radius 2 is 2.13 bits per heavy atom. The first-order valence-corrected chi connectivity index (χ1v) is 4.74. The van der Waals surface area contributed by atoms with Crippen molar-refractivity contribution < 1.29 is 13.2 Å². The van der Waals surface area contributed by atoms with Crippen LogP contribution in [0.15, 0.2) is 18.3 Å². The summed E-state index contributed by atoms with van der Waals surface area (Å²) in [5, 5.41) is 0. The van der Waals surface area contributed by atoms with Crippen LogP contribution in [0.25, 0.3) is 0 Å². The third-order valence-electron chi connectivity index (χ3n) is 1.77. The lowest BCUT2D eigenvalue weighted by Gasteiger charge is -2.19. The van der Waals surface area contributed by atoms with Gasteiger partial charge in [-0.15, -0.1) is 11.6 Å². The molecular weight excluding hydrogens is 229 g/mol. The van der Waals surface area contributed by atoms with Crippen LogP contribution < -0.4 is 4.90 Å². The molecule has 0 saturated carbocycles. The third-order valence-corrected chi connectivity index (χ3v) is 2.08. The molecule has 15 heavy (non-hydrogen) atoms. The van der Waals surface area contributed by atoms with E-state index >= 15 is 0 Å². The number of alkyl halides is 4. The first kappa shape index (κ1) is 12.1. The Morgan fingerprint density at radius 1 is 1.47 bits per heavy atom. The van der Waals surface area contributed by atoms with Gasteiger partial charge in [-0.2, -0.15) is 13.2 Å². The van der Waals surface area contributed by atoms with Gasteiger partial charge in [-0.1, -0.05) is 0 Å². The van der Waals surface area contributed by atoms with Gasteiger partial charge in [0.15, 0.2) is 0 Å². The van der Waals surface area contributed by atoms with Crippen molar-refractivity contribution in [1.82, 2.24) is 4.98 Å². The number of hydrogen-bond donors (Lipinski definition) is 0. The first-order chi connectivity index (χ1) is 6.92. The van der Waals surface area contributed by atoms with Gasteiger partial charge >= 0.3 is 6.18 Å². The molecule has 0 spiro atoms. The molecule has 0 aliphatic carbocycles. The van der Waals surface area contributed by atoms with E-state index in [0.717, 1.165) is 10.5 Å². The molecule has 1 rings (SSSR count). The third kappa shape index (κ3) is 3.95. The van der Waals surface area contributed by atoms with Crippen LogP contribution in [0.3, 0.4) is 0 Å². The van der Waals surface area contributed by atoms with E-state index in [0.29, 0.717) is 0 Å². The summed E-state index contributed by atoms with van der Waals surface area (Å²) in [4.78, 5) is 4.88. The van der Waals surface area contributed by atoms with Crippen molar-refractivity contribution in [3.63, 3.8) is 0 Å². The average molecular weight is 239 g/mol. The van der Waals surface area contributed by atoms with E-state index in [1.807, 2.05) is 0 Å². The van der Waals surface area contributed by atoms with Crippen LogP contribution in [0.2, 0.25) is 0 Å². The zero-order valence-electron chi connectivity index (χ0n) is 8.05. The molecule has 0 bridgehead atoms. The molecule has 84 valence electrons. The number of nitrogens with zero attached hydrogens (tertiary/aromatic N) is 2. The highest BCUT2D eigenvalue weighted by Gasteiger charge is 2.29. The summed E-state index contributed by atoms with van der Waals surface area (Å²) in [6.07, 6.45) is -2.78. The zero-order valence-corrected chi connectivity index (χ0v) is 8.81. The van der Waals surface area contributed by atoms with Gasteiger partial charge in [0.25, 0.3) is 0 Å². The molecule has 6 heteroatoms. The van der Waals surface area contributed by atoms with Gasteiger partial charge in [0, 0.05) is 19.1 Å². The van der Waals surface area contributed by atoms with E-state index in [2.05, 4.69) is 4.98 Å². The molecule has 0 unspecified atom stereocenters. The highest BCUT2D eigenvalue weighted by Crippen LogP contribution is 2.20. The first-order valence-electron chi connectivity index (χ1n) is 4.21. The fraction of sp³-hybridized carbons (Fsp3) is 0.444. The summed E-state index contributed by atoms with van der Waals surface area (Å²) >= 11 is 5.57. The molecule has 1 heterocycles. The molecule has 0 aromatic carbocycles. The second-order valence-corrected chi connectivity index (χ2v) is 3.39. The van der Waals surface area contributed by atoms with E-state index in [-0.39, 0.29) is 11.7 Å². The molecule has 2 nitrogen and oxygen atoms in total. The molecule has 1 aromatic heterocycles. The van der Waals surface area contributed by atoms with Crippen molar-refractivity contribution >= 4 is 17.4 Å². The van der Waals surface area contributed by atoms with E-state index in [1.54, 1.807) is 12.1 Å². The van der Waals surface area contributed by atoms with Gasteiger partial charge in [-0.25, -0.2) is 4.98 Å². The van der Waals surface area contributed by atoms with Crippen molar-refractivity contribution in [2.75, 3.05) is 18.5 Å². The standard InChI is InChI=1S/C9H10ClF3N2/c1-15(6-9(11,12)13)8-4-7(5-10)2-3-14-8/h2-4H,5-6H2,1H3. The Hall–Kier alpha value is -0.970. The summed E-state index contributed by atoms with van der Waals surface area (Å²) in [6, 6.07) is 3.21. The Labute approximate surface area is 90.7 Å². The van der Waals surface area contributed by atoms with Gasteiger partial charge in [-0.3, -0.25) is 0 Å². The maximum absolute atomic E-state index is 12.1. The van der Waals surface area contributed by atoms with Crippen molar-refractivity contribution in [2.45, 2.75) is 12.1 Å².